The summed E-state index contributed by atoms with van der Waals surface area (Å²) >= 11 is 0. The number of halogens is 1. The number of aliphatic hydroxyl groups is 1. The molecule has 0 saturated heterocycles. The second-order valence-corrected chi connectivity index (χ2v) is 8.29. The van der Waals surface area contributed by atoms with Gasteiger partial charge in [0.2, 0.25) is 0 Å². The minimum atomic E-state index is -0.729. The number of carbonyl (C=O) groups is 2. The number of nitrogens with one attached hydrogen (secondary N) is 1. The first-order valence-corrected chi connectivity index (χ1v) is 11.1. The zero-order valence-corrected chi connectivity index (χ0v) is 19.5. The molecule has 3 aromatic rings. The van der Waals surface area contributed by atoms with E-state index < -0.39 is 17.8 Å². The maximum absolute atomic E-state index is 14.4. The first kappa shape index (κ1) is 25.0. The fourth-order valence-electron chi connectivity index (χ4n) is 3.22. The van der Waals surface area contributed by atoms with E-state index in [4.69, 9.17) is 9.26 Å². The van der Waals surface area contributed by atoms with Crippen LogP contribution in [0.5, 0.6) is 5.75 Å². The van der Waals surface area contributed by atoms with Crippen LogP contribution in [0.4, 0.5) is 10.3 Å². The quantitative estimate of drug-likeness (QED) is 0.405. The number of aliphatic hydroxyl groups excluding tert-OH is 1. The lowest BCUT2D eigenvalue weighted by atomic mass is 10.00. The Morgan fingerprint density at radius 2 is 1.85 bits per heavy atom. The van der Waals surface area contributed by atoms with Crippen molar-refractivity contribution >= 4 is 17.6 Å². The van der Waals surface area contributed by atoms with Crippen LogP contribution < -0.4 is 10.1 Å². The van der Waals surface area contributed by atoms with Crippen LogP contribution in [-0.2, 0) is 0 Å². The number of amides is 1. The average molecular weight is 470 g/mol. The molecular formula is C25H28FN3O5. The number of rotatable bonds is 10. The van der Waals surface area contributed by atoms with Gasteiger partial charge >= 0.3 is 0 Å². The highest BCUT2D eigenvalue weighted by atomic mass is 19.1. The third-order valence-corrected chi connectivity index (χ3v) is 5.34. The molecule has 8 nitrogen and oxygen atoms in total. The van der Waals surface area contributed by atoms with Crippen LogP contribution >= 0.6 is 0 Å². The van der Waals surface area contributed by atoms with Crippen LogP contribution in [0.25, 0.3) is 0 Å². The van der Waals surface area contributed by atoms with Crippen LogP contribution in [-0.4, -0.2) is 33.5 Å². The Labute approximate surface area is 197 Å². The summed E-state index contributed by atoms with van der Waals surface area (Å²) in [6.45, 7) is 7.17. The van der Waals surface area contributed by atoms with E-state index in [2.05, 4.69) is 15.5 Å². The summed E-state index contributed by atoms with van der Waals surface area (Å²) < 4.78 is 25.6. The Morgan fingerprint density at radius 3 is 2.44 bits per heavy atom. The van der Waals surface area contributed by atoms with Gasteiger partial charge in [0, 0.05) is 24.0 Å². The van der Waals surface area contributed by atoms with E-state index in [1.807, 2.05) is 20.8 Å². The summed E-state index contributed by atoms with van der Waals surface area (Å²) in [5.41, 5.74) is 1.01. The predicted molar refractivity (Wildman–Crippen MR) is 123 cm³/mol. The van der Waals surface area contributed by atoms with Crippen molar-refractivity contribution in [2.45, 2.75) is 46.1 Å². The van der Waals surface area contributed by atoms with Crippen LogP contribution in [0, 0.1) is 11.7 Å². The number of nitrogens with zero attached hydrogens (tertiary/aromatic N) is 2. The topological polar surface area (TPSA) is 115 Å². The largest absolute Gasteiger partial charge is 0.481 e. The molecule has 1 aromatic heterocycles. The van der Waals surface area contributed by atoms with Gasteiger partial charge in [0.05, 0.1) is 5.56 Å². The molecular weight excluding hydrogens is 441 g/mol. The minimum absolute atomic E-state index is 0.0462. The summed E-state index contributed by atoms with van der Waals surface area (Å²) in [6, 6.07) is 10.9. The van der Waals surface area contributed by atoms with Crippen molar-refractivity contribution in [1.29, 1.82) is 0 Å². The summed E-state index contributed by atoms with van der Waals surface area (Å²) in [6.07, 6.45) is -0.0812. The van der Waals surface area contributed by atoms with E-state index in [0.29, 0.717) is 23.3 Å². The third-order valence-electron chi connectivity index (χ3n) is 5.34. The van der Waals surface area contributed by atoms with Crippen molar-refractivity contribution in [2.24, 2.45) is 5.92 Å². The lowest BCUT2D eigenvalue weighted by molar-refractivity contribution is 0.0938. The van der Waals surface area contributed by atoms with Gasteiger partial charge in [-0.2, -0.15) is 4.98 Å². The lowest BCUT2D eigenvalue weighted by Crippen LogP contribution is -2.15. The molecule has 34 heavy (non-hydrogen) atoms. The van der Waals surface area contributed by atoms with Crippen molar-refractivity contribution in [1.82, 2.24) is 10.1 Å². The highest BCUT2D eigenvalue weighted by molar-refractivity contribution is 6.03. The van der Waals surface area contributed by atoms with Crippen LogP contribution in [0.15, 0.2) is 47.0 Å². The first-order chi connectivity index (χ1) is 16.2. The Bertz CT molecular complexity index is 1140. The van der Waals surface area contributed by atoms with E-state index in [1.54, 1.807) is 37.3 Å². The monoisotopic (exact) mass is 469 g/mol. The average Bonchev–Trinajstić information content (AvgIpc) is 3.29. The zero-order valence-electron chi connectivity index (χ0n) is 19.5. The Morgan fingerprint density at radius 1 is 1.15 bits per heavy atom. The number of ether oxygens (including phenoxy) is 1. The summed E-state index contributed by atoms with van der Waals surface area (Å²) in [4.78, 5) is 28.7. The Hall–Kier alpha value is -3.59. The molecule has 3 rings (SSSR count). The molecule has 0 unspecified atom stereocenters. The SMILES string of the molecule is CC[C@@H](Oc1ccc(C(=O)C(C)C)cc1)c1nc(NC(=O)c2ccc([C@@H](C)CO)cc2F)no1. The van der Waals surface area contributed by atoms with Gasteiger partial charge in [0.1, 0.15) is 11.6 Å². The van der Waals surface area contributed by atoms with Crippen LogP contribution in [0.1, 0.15) is 78.3 Å². The molecule has 0 aliphatic carbocycles. The number of aromatic nitrogens is 2. The molecule has 1 amide bonds. The number of hydrogen-bond donors (Lipinski definition) is 2. The van der Waals surface area contributed by atoms with E-state index in [1.165, 1.54) is 12.1 Å². The van der Waals surface area contributed by atoms with E-state index in [9.17, 15) is 19.1 Å². The molecule has 2 atom stereocenters. The molecule has 180 valence electrons. The van der Waals surface area contributed by atoms with Crippen LogP contribution in [0.2, 0.25) is 0 Å². The van der Waals surface area contributed by atoms with Gasteiger partial charge in [0.25, 0.3) is 17.7 Å². The molecule has 0 fully saturated rings. The van der Waals surface area contributed by atoms with Crippen molar-refractivity contribution in [2.75, 3.05) is 11.9 Å². The molecule has 0 aliphatic heterocycles. The number of hydrogen-bond acceptors (Lipinski definition) is 7. The molecule has 0 aliphatic rings. The number of ketones is 1. The van der Waals surface area contributed by atoms with Gasteiger partial charge in [-0.3, -0.25) is 14.9 Å². The smallest absolute Gasteiger partial charge is 0.270 e. The number of carbonyl (C=O) groups excluding carboxylic acids is 2. The van der Waals surface area contributed by atoms with Gasteiger partial charge < -0.3 is 14.4 Å². The van der Waals surface area contributed by atoms with Gasteiger partial charge in [0.15, 0.2) is 11.9 Å². The molecule has 2 aromatic carbocycles. The molecule has 9 heteroatoms. The standard InChI is InChI=1S/C25H28FN3O5/c1-5-21(33-18-9-6-16(7-10-18)22(31)14(2)3)24-28-25(29-34-24)27-23(32)19-11-8-17(12-20(19)26)15(4)13-30/h6-12,14-15,21,30H,5,13H2,1-4H3,(H,27,29,32)/t15-,21+/m0/s1. The van der Waals surface area contributed by atoms with Crippen molar-refractivity contribution in [3.8, 4) is 5.75 Å². The molecule has 2 N–H and O–H groups in total. The second-order valence-electron chi connectivity index (χ2n) is 8.29. The second kappa shape index (κ2) is 11.0. The Kier molecular flexibility index (Phi) is 8.12. The lowest BCUT2D eigenvalue weighted by Gasteiger charge is -2.14. The molecule has 0 bridgehead atoms. The molecule has 1 heterocycles. The normalized spacial score (nSPS) is 12.9. The van der Waals surface area contributed by atoms with Crippen molar-refractivity contribution < 1.29 is 28.3 Å². The van der Waals surface area contributed by atoms with E-state index in [-0.39, 0.29) is 41.6 Å². The summed E-state index contributed by atoms with van der Waals surface area (Å²) in [5, 5.41) is 15.4. The third kappa shape index (κ3) is 5.85. The fourth-order valence-corrected chi connectivity index (χ4v) is 3.22. The van der Waals surface area contributed by atoms with E-state index in [0.717, 1.165) is 0 Å². The minimum Gasteiger partial charge on any atom is -0.481 e. The first-order valence-electron chi connectivity index (χ1n) is 11.1. The van der Waals surface area contributed by atoms with Crippen molar-refractivity contribution in [3.05, 3.63) is 70.9 Å². The fraction of sp³-hybridized carbons (Fsp3) is 0.360. The van der Waals surface area contributed by atoms with Gasteiger partial charge in [-0.25, -0.2) is 4.39 Å². The van der Waals surface area contributed by atoms with Gasteiger partial charge in [-0.1, -0.05) is 33.8 Å². The molecule has 0 radical (unpaired) electrons. The summed E-state index contributed by atoms with van der Waals surface area (Å²) in [7, 11) is 0. The highest BCUT2D eigenvalue weighted by Gasteiger charge is 2.22. The summed E-state index contributed by atoms with van der Waals surface area (Å²) in [5.74, 6) is -1.19. The Balaban J connectivity index is 1.67. The zero-order chi connectivity index (χ0) is 24.8. The molecule has 0 saturated carbocycles. The maximum Gasteiger partial charge on any atom is 0.270 e. The number of Topliss-reactive ketones (excluding diaryl/α,β-unsaturated/α-hetero) is 1. The van der Waals surface area contributed by atoms with Crippen molar-refractivity contribution in [3.63, 3.8) is 0 Å². The highest BCUT2D eigenvalue weighted by Crippen LogP contribution is 2.25. The van der Waals surface area contributed by atoms with E-state index >= 15 is 0 Å². The van der Waals surface area contributed by atoms with Gasteiger partial charge in [-0.05, 0) is 53.5 Å². The number of anilines is 1. The predicted octanol–water partition coefficient (Wildman–Crippen LogP) is 4.93. The molecule has 0 spiro atoms. The van der Waals surface area contributed by atoms with Crippen LogP contribution in [0.3, 0.4) is 0 Å². The number of benzene rings is 2. The van der Waals surface area contributed by atoms with Gasteiger partial charge in [-0.15, -0.1) is 0 Å². The maximum atomic E-state index is 14.4.